The van der Waals surface area contributed by atoms with E-state index in [1.165, 1.54) is 0 Å². The summed E-state index contributed by atoms with van der Waals surface area (Å²) in [7, 11) is 0. The molecule has 0 amide bonds. The molecule has 0 bridgehead atoms. The number of nitrogens with two attached hydrogens (primary N) is 1. The van der Waals surface area contributed by atoms with E-state index in [1.54, 1.807) is 0 Å². The van der Waals surface area contributed by atoms with Gasteiger partial charge in [0.25, 0.3) is 0 Å². The molecule has 1 rings (SSSR count). The minimum absolute atomic E-state index is 0.0619. The Bertz CT molecular complexity index is 388. The number of ether oxygens (including phenoxy) is 1. The first-order valence-electron chi connectivity index (χ1n) is 6.12. The molecule has 1 aromatic rings. The van der Waals surface area contributed by atoms with Crippen molar-refractivity contribution in [3.63, 3.8) is 0 Å². The highest BCUT2D eigenvalue weighted by molar-refractivity contribution is 5.97. The predicted octanol–water partition coefficient (Wildman–Crippen LogP) is 3.09. The molecule has 1 aromatic carbocycles. The van der Waals surface area contributed by atoms with Crippen LogP contribution in [0.5, 0.6) is 5.75 Å². The molecule has 3 N–H and O–H groups in total. The van der Waals surface area contributed by atoms with E-state index < -0.39 is 0 Å². The smallest absolute Gasteiger partial charge is 0.130 e. The summed E-state index contributed by atoms with van der Waals surface area (Å²) in [5, 5.41) is 7.54. The van der Waals surface area contributed by atoms with Gasteiger partial charge in [-0.2, -0.15) is 0 Å². The van der Waals surface area contributed by atoms with Gasteiger partial charge in [0.2, 0.25) is 0 Å². The van der Waals surface area contributed by atoms with Crippen molar-refractivity contribution in [3.05, 3.63) is 29.3 Å². The average molecular weight is 234 g/mol. The third-order valence-corrected chi connectivity index (χ3v) is 2.73. The van der Waals surface area contributed by atoms with Crippen LogP contribution in [0.25, 0.3) is 0 Å². The van der Waals surface area contributed by atoms with E-state index in [0.717, 1.165) is 18.4 Å². The zero-order chi connectivity index (χ0) is 12.8. The lowest BCUT2D eigenvalue weighted by atomic mass is 10.1. The number of nitrogen functional groups attached to an aromatic ring is 1. The molecule has 0 spiro atoms. The molecule has 94 valence electrons. The monoisotopic (exact) mass is 234 g/mol. The maximum atomic E-state index is 7.54. The summed E-state index contributed by atoms with van der Waals surface area (Å²) in [6.07, 6.45) is 2.32. The molecule has 0 aliphatic rings. The number of aryl methyl sites for hydroxylation is 1. The predicted molar refractivity (Wildman–Crippen MR) is 71.8 cm³/mol. The molecule has 0 aliphatic heterocycles. The summed E-state index contributed by atoms with van der Waals surface area (Å²) < 4.78 is 5.75. The van der Waals surface area contributed by atoms with Crippen molar-refractivity contribution in [1.29, 1.82) is 5.41 Å². The summed E-state index contributed by atoms with van der Waals surface area (Å²) in [5.41, 5.74) is 7.33. The quantitative estimate of drug-likeness (QED) is 0.587. The van der Waals surface area contributed by atoms with Crippen molar-refractivity contribution in [2.24, 2.45) is 11.7 Å². The van der Waals surface area contributed by atoms with Crippen LogP contribution in [0, 0.1) is 18.3 Å². The Morgan fingerprint density at radius 2 is 2.18 bits per heavy atom. The third kappa shape index (κ3) is 4.10. The lowest BCUT2D eigenvalue weighted by Crippen LogP contribution is -2.15. The molecular weight excluding hydrogens is 212 g/mol. The topological polar surface area (TPSA) is 59.1 Å². The molecule has 3 nitrogen and oxygen atoms in total. The highest BCUT2D eigenvalue weighted by Crippen LogP contribution is 2.20. The van der Waals surface area contributed by atoms with Crippen LogP contribution < -0.4 is 10.5 Å². The van der Waals surface area contributed by atoms with E-state index in [0.29, 0.717) is 23.8 Å². The van der Waals surface area contributed by atoms with Gasteiger partial charge in [-0.1, -0.05) is 31.9 Å². The van der Waals surface area contributed by atoms with E-state index in [1.807, 2.05) is 25.1 Å². The number of benzene rings is 1. The van der Waals surface area contributed by atoms with E-state index in [4.69, 9.17) is 15.9 Å². The summed E-state index contributed by atoms with van der Waals surface area (Å²) in [6, 6.07) is 5.76. The zero-order valence-electron chi connectivity index (χ0n) is 10.9. The summed E-state index contributed by atoms with van der Waals surface area (Å²) in [4.78, 5) is 0. The SMILES string of the molecule is CCCC(C)COc1ccc(C)cc1C(=N)N. The zero-order valence-corrected chi connectivity index (χ0v) is 10.9. The van der Waals surface area contributed by atoms with E-state index in [9.17, 15) is 0 Å². The summed E-state index contributed by atoms with van der Waals surface area (Å²) >= 11 is 0. The second kappa shape index (κ2) is 6.28. The van der Waals surface area contributed by atoms with Gasteiger partial charge in [0.05, 0.1) is 12.2 Å². The van der Waals surface area contributed by atoms with Crippen LogP contribution in [-0.4, -0.2) is 12.4 Å². The largest absolute Gasteiger partial charge is 0.493 e. The third-order valence-electron chi connectivity index (χ3n) is 2.73. The van der Waals surface area contributed by atoms with Gasteiger partial charge in [-0.25, -0.2) is 0 Å². The lowest BCUT2D eigenvalue weighted by molar-refractivity contribution is 0.251. The van der Waals surface area contributed by atoms with E-state index in [2.05, 4.69) is 13.8 Å². The maximum Gasteiger partial charge on any atom is 0.130 e. The first-order chi connectivity index (χ1) is 8.04. The molecule has 0 heterocycles. The van der Waals surface area contributed by atoms with Gasteiger partial charge in [0, 0.05) is 0 Å². The van der Waals surface area contributed by atoms with Crippen LogP contribution in [0.15, 0.2) is 18.2 Å². The Labute approximate surface area is 103 Å². The fourth-order valence-electron chi connectivity index (χ4n) is 1.79. The highest BCUT2D eigenvalue weighted by atomic mass is 16.5. The van der Waals surface area contributed by atoms with Crippen molar-refractivity contribution in [1.82, 2.24) is 0 Å². The van der Waals surface area contributed by atoms with Gasteiger partial charge < -0.3 is 10.5 Å². The van der Waals surface area contributed by atoms with Crippen LogP contribution in [-0.2, 0) is 0 Å². The number of nitrogens with one attached hydrogen (secondary N) is 1. The Hall–Kier alpha value is -1.51. The average Bonchev–Trinajstić information content (AvgIpc) is 2.27. The second-order valence-electron chi connectivity index (χ2n) is 4.62. The molecule has 0 aromatic heterocycles. The molecule has 0 fully saturated rings. The van der Waals surface area contributed by atoms with Crippen LogP contribution in [0.4, 0.5) is 0 Å². The Morgan fingerprint density at radius 3 is 2.76 bits per heavy atom. The highest BCUT2D eigenvalue weighted by Gasteiger charge is 2.08. The molecule has 0 saturated heterocycles. The fraction of sp³-hybridized carbons (Fsp3) is 0.500. The van der Waals surface area contributed by atoms with E-state index in [-0.39, 0.29) is 5.84 Å². The lowest BCUT2D eigenvalue weighted by Gasteiger charge is -2.15. The molecule has 0 saturated carbocycles. The molecule has 17 heavy (non-hydrogen) atoms. The number of hydrogen-bond acceptors (Lipinski definition) is 2. The number of rotatable bonds is 6. The summed E-state index contributed by atoms with van der Waals surface area (Å²) in [6.45, 7) is 7.00. The van der Waals surface area contributed by atoms with Crippen LogP contribution in [0.3, 0.4) is 0 Å². The standard InChI is InChI=1S/C14H22N2O/c1-4-5-11(3)9-17-13-7-6-10(2)8-12(13)14(15)16/h6-8,11H,4-5,9H2,1-3H3,(H3,15,16). The van der Waals surface area contributed by atoms with Gasteiger partial charge in [0.1, 0.15) is 11.6 Å². The normalized spacial score (nSPS) is 12.2. The van der Waals surface area contributed by atoms with Gasteiger partial charge in [-0.3, -0.25) is 5.41 Å². The molecule has 1 unspecified atom stereocenters. The number of hydrogen-bond donors (Lipinski definition) is 2. The van der Waals surface area contributed by atoms with Crippen molar-refractivity contribution in [3.8, 4) is 5.75 Å². The van der Waals surface area contributed by atoms with Gasteiger partial charge in [-0.15, -0.1) is 0 Å². The van der Waals surface area contributed by atoms with Crippen molar-refractivity contribution in [2.75, 3.05) is 6.61 Å². The van der Waals surface area contributed by atoms with Crippen molar-refractivity contribution in [2.45, 2.75) is 33.6 Å². The minimum atomic E-state index is 0.0619. The van der Waals surface area contributed by atoms with E-state index >= 15 is 0 Å². The van der Waals surface area contributed by atoms with Crippen LogP contribution in [0.1, 0.15) is 37.8 Å². The van der Waals surface area contributed by atoms with Gasteiger partial charge in [0.15, 0.2) is 0 Å². The van der Waals surface area contributed by atoms with Crippen molar-refractivity contribution < 1.29 is 4.74 Å². The van der Waals surface area contributed by atoms with Gasteiger partial charge in [-0.05, 0) is 31.4 Å². The summed E-state index contributed by atoms with van der Waals surface area (Å²) in [5.74, 6) is 1.30. The first kappa shape index (κ1) is 13.6. The number of amidine groups is 1. The molecule has 1 atom stereocenters. The minimum Gasteiger partial charge on any atom is -0.493 e. The van der Waals surface area contributed by atoms with Crippen molar-refractivity contribution >= 4 is 5.84 Å². The van der Waals surface area contributed by atoms with Crippen LogP contribution >= 0.6 is 0 Å². The Kier molecular flexibility index (Phi) is 5.01. The Morgan fingerprint density at radius 1 is 1.47 bits per heavy atom. The second-order valence-corrected chi connectivity index (χ2v) is 4.62. The van der Waals surface area contributed by atoms with Crippen LogP contribution in [0.2, 0.25) is 0 Å². The first-order valence-corrected chi connectivity index (χ1v) is 6.12. The molecule has 0 aliphatic carbocycles. The molecule has 0 radical (unpaired) electrons. The fourth-order valence-corrected chi connectivity index (χ4v) is 1.79. The molecule has 3 heteroatoms. The molecular formula is C14H22N2O. The van der Waals surface area contributed by atoms with Gasteiger partial charge >= 0.3 is 0 Å². The Balaban J connectivity index is 2.73. The maximum absolute atomic E-state index is 7.54.